The lowest BCUT2D eigenvalue weighted by atomic mass is 9.86. The Morgan fingerprint density at radius 3 is 1.33 bits per heavy atom. The van der Waals surface area contributed by atoms with Gasteiger partial charge in [-0.05, 0) is 30.7 Å². The number of hydrogen-bond acceptors (Lipinski definition) is 5. The average molecular weight is 451 g/mol. The van der Waals surface area contributed by atoms with Crippen molar-refractivity contribution in [1.82, 2.24) is 9.80 Å². The van der Waals surface area contributed by atoms with E-state index in [1.165, 1.54) is 37.0 Å². The van der Waals surface area contributed by atoms with Crippen LogP contribution in [0.5, 0.6) is 0 Å². The van der Waals surface area contributed by atoms with Gasteiger partial charge >= 0.3 is 0 Å². The fourth-order valence-electron chi connectivity index (χ4n) is 4.88. The molecule has 7 nitrogen and oxygen atoms in total. The van der Waals surface area contributed by atoms with E-state index in [4.69, 9.17) is 0 Å². The molecule has 2 aromatic carbocycles. The van der Waals surface area contributed by atoms with Crippen molar-refractivity contribution in [3.63, 3.8) is 0 Å². The molecule has 7 heteroatoms. The third-order valence-corrected chi connectivity index (χ3v) is 6.62. The van der Waals surface area contributed by atoms with E-state index in [0.29, 0.717) is 28.4 Å². The standard InChI is InChI=1S/C26H30N2O5/c1-2-3-4-5-6-7-8-9-14-27-23(30)17-10-12-19-22-20(13-11-18(21(17)22)24(27)31)26(33)28(15-16-29)25(19)32/h10-13,29H,2-9,14-16H2,1H3. The summed E-state index contributed by atoms with van der Waals surface area (Å²) in [5.74, 6) is -1.80. The molecule has 0 unspecified atom stereocenters. The van der Waals surface area contributed by atoms with Crippen LogP contribution in [0, 0.1) is 0 Å². The molecule has 0 radical (unpaired) electrons. The van der Waals surface area contributed by atoms with Crippen molar-refractivity contribution in [2.45, 2.75) is 58.3 Å². The van der Waals surface area contributed by atoms with Crippen molar-refractivity contribution in [3.8, 4) is 0 Å². The normalized spacial score (nSPS) is 15.2. The number of benzene rings is 2. The molecule has 2 aliphatic heterocycles. The zero-order valence-electron chi connectivity index (χ0n) is 19.1. The molecule has 2 aromatic rings. The van der Waals surface area contributed by atoms with Gasteiger partial charge in [-0.1, -0.05) is 51.9 Å². The Bertz CT molecular complexity index is 1050. The van der Waals surface area contributed by atoms with Crippen LogP contribution in [0.4, 0.5) is 0 Å². The monoisotopic (exact) mass is 450 g/mol. The molecule has 0 saturated heterocycles. The summed E-state index contributed by atoms with van der Waals surface area (Å²) in [4.78, 5) is 54.4. The number of hydrogen-bond donors (Lipinski definition) is 1. The highest BCUT2D eigenvalue weighted by Gasteiger charge is 2.39. The summed E-state index contributed by atoms with van der Waals surface area (Å²) in [7, 11) is 0. The molecular formula is C26H30N2O5. The zero-order chi connectivity index (χ0) is 23.5. The van der Waals surface area contributed by atoms with Gasteiger partial charge in [0.2, 0.25) is 0 Å². The first-order valence-electron chi connectivity index (χ1n) is 11.9. The average Bonchev–Trinajstić information content (AvgIpc) is 2.82. The van der Waals surface area contributed by atoms with Crippen LogP contribution in [-0.4, -0.2) is 58.2 Å². The van der Waals surface area contributed by atoms with Gasteiger partial charge in [-0.2, -0.15) is 0 Å². The molecule has 0 atom stereocenters. The van der Waals surface area contributed by atoms with Crippen molar-refractivity contribution >= 4 is 34.4 Å². The molecule has 0 fully saturated rings. The van der Waals surface area contributed by atoms with Crippen LogP contribution in [0.3, 0.4) is 0 Å². The summed E-state index contributed by atoms with van der Waals surface area (Å²) in [6, 6.07) is 6.25. The van der Waals surface area contributed by atoms with Gasteiger partial charge in [-0.25, -0.2) is 0 Å². The fourth-order valence-corrected chi connectivity index (χ4v) is 4.88. The van der Waals surface area contributed by atoms with Gasteiger partial charge in [0, 0.05) is 39.6 Å². The Kier molecular flexibility index (Phi) is 6.88. The van der Waals surface area contributed by atoms with E-state index in [1.54, 1.807) is 24.3 Å². The highest BCUT2D eigenvalue weighted by molar-refractivity contribution is 6.33. The Labute approximate surface area is 193 Å². The van der Waals surface area contributed by atoms with Crippen LogP contribution in [0.1, 0.15) is 99.7 Å². The minimum Gasteiger partial charge on any atom is -0.395 e. The minimum atomic E-state index is -0.522. The van der Waals surface area contributed by atoms with Crippen LogP contribution in [-0.2, 0) is 0 Å². The van der Waals surface area contributed by atoms with Gasteiger partial charge in [0.15, 0.2) is 0 Å². The molecule has 2 heterocycles. The number of aliphatic hydroxyl groups is 1. The minimum absolute atomic E-state index is 0.105. The summed E-state index contributed by atoms with van der Waals surface area (Å²) >= 11 is 0. The Morgan fingerprint density at radius 1 is 0.576 bits per heavy atom. The molecule has 174 valence electrons. The first kappa shape index (κ1) is 23.1. The molecule has 4 amide bonds. The van der Waals surface area contributed by atoms with Crippen molar-refractivity contribution in [1.29, 1.82) is 0 Å². The number of rotatable bonds is 11. The van der Waals surface area contributed by atoms with Gasteiger partial charge in [0.1, 0.15) is 0 Å². The lowest BCUT2D eigenvalue weighted by molar-refractivity contribution is 0.0569. The van der Waals surface area contributed by atoms with E-state index in [-0.39, 0.29) is 36.1 Å². The highest BCUT2D eigenvalue weighted by atomic mass is 16.3. The third kappa shape index (κ3) is 4.06. The van der Waals surface area contributed by atoms with E-state index in [0.717, 1.165) is 24.2 Å². The Morgan fingerprint density at radius 2 is 0.939 bits per heavy atom. The predicted octanol–water partition coefficient (Wildman–Crippen LogP) is 4.16. The van der Waals surface area contributed by atoms with E-state index in [1.807, 2.05) is 0 Å². The SMILES string of the molecule is CCCCCCCCCCN1C(=O)c2ccc3c4c(ccc(c24)C1=O)C(=O)N(CCO)C3=O. The highest BCUT2D eigenvalue weighted by Crippen LogP contribution is 2.37. The molecule has 33 heavy (non-hydrogen) atoms. The molecule has 0 aromatic heterocycles. The van der Waals surface area contributed by atoms with Crippen molar-refractivity contribution in [3.05, 3.63) is 46.5 Å². The van der Waals surface area contributed by atoms with Crippen LogP contribution < -0.4 is 0 Å². The van der Waals surface area contributed by atoms with Gasteiger partial charge in [-0.15, -0.1) is 0 Å². The van der Waals surface area contributed by atoms with Crippen LogP contribution in [0.25, 0.3) is 10.8 Å². The Balaban J connectivity index is 1.56. The quantitative estimate of drug-likeness (QED) is 0.410. The maximum absolute atomic E-state index is 13.2. The van der Waals surface area contributed by atoms with Gasteiger partial charge in [-0.3, -0.25) is 29.0 Å². The number of imide groups is 2. The van der Waals surface area contributed by atoms with E-state index < -0.39 is 11.8 Å². The van der Waals surface area contributed by atoms with Gasteiger partial charge in [0.05, 0.1) is 13.2 Å². The molecule has 0 aliphatic carbocycles. The maximum atomic E-state index is 13.2. The number of aliphatic hydroxyl groups excluding tert-OH is 1. The number of unbranched alkanes of at least 4 members (excludes halogenated alkanes) is 7. The summed E-state index contributed by atoms with van der Waals surface area (Å²) in [5, 5.41) is 9.99. The molecule has 1 N–H and O–H groups in total. The lowest BCUT2D eigenvalue weighted by Gasteiger charge is -2.31. The van der Waals surface area contributed by atoms with E-state index >= 15 is 0 Å². The molecule has 4 rings (SSSR count). The molecule has 0 saturated carbocycles. The van der Waals surface area contributed by atoms with Crippen LogP contribution in [0.2, 0.25) is 0 Å². The second-order valence-corrected chi connectivity index (χ2v) is 8.79. The number of amides is 4. The first-order chi connectivity index (χ1) is 16.0. The second kappa shape index (κ2) is 9.83. The largest absolute Gasteiger partial charge is 0.395 e. The number of carbonyl (C=O) groups is 4. The van der Waals surface area contributed by atoms with Crippen molar-refractivity contribution in [2.24, 2.45) is 0 Å². The van der Waals surface area contributed by atoms with Crippen LogP contribution >= 0.6 is 0 Å². The van der Waals surface area contributed by atoms with Gasteiger partial charge < -0.3 is 5.11 Å². The smallest absolute Gasteiger partial charge is 0.261 e. The molecule has 2 aliphatic rings. The van der Waals surface area contributed by atoms with Crippen LogP contribution in [0.15, 0.2) is 24.3 Å². The number of carbonyl (C=O) groups excluding carboxylic acids is 4. The molecule has 0 bridgehead atoms. The fraction of sp³-hybridized carbons (Fsp3) is 0.462. The maximum Gasteiger partial charge on any atom is 0.261 e. The molecule has 0 spiro atoms. The number of nitrogens with zero attached hydrogens (tertiary/aromatic N) is 2. The lowest BCUT2D eigenvalue weighted by Crippen LogP contribution is -2.44. The molecular weight excluding hydrogens is 420 g/mol. The van der Waals surface area contributed by atoms with Crippen molar-refractivity contribution in [2.75, 3.05) is 19.7 Å². The first-order valence-corrected chi connectivity index (χ1v) is 11.9. The second-order valence-electron chi connectivity index (χ2n) is 8.79. The summed E-state index contributed by atoms with van der Waals surface area (Å²) < 4.78 is 0. The summed E-state index contributed by atoms with van der Waals surface area (Å²) in [6.45, 7) is 2.11. The van der Waals surface area contributed by atoms with E-state index in [2.05, 4.69) is 6.92 Å². The van der Waals surface area contributed by atoms with E-state index in [9.17, 15) is 24.3 Å². The Hall–Kier alpha value is -3.06. The summed E-state index contributed by atoms with van der Waals surface area (Å²) in [6.07, 6.45) is 8.95. The van der Waals surface area contributed by atoms with Gasteiger partial charge in [0.25, 0.3) is 23.6 Å². The zero-order valence-corrected chi connectivity index (χ0v) is 19.1. The third-order valence-electron chi connectivity index (χ3n) is 6.62. The topological polar surface area (TPSA) is 95.0 Å². The number of β-amino-alcohol motifs (C(OH)–C–C–N with tert-alkyl or cyclic N) is 1. The summed E-state index contributed by atoms with van der Waals surface area (Å²) in [5.41, 5.74) is 1.24. The predicted molar refractivity (Wildman–Crippen MR) is 124 cm³/mol. The van der Waals surface area contributed by atoms with Crippen molar-refractivity contribution < 1.29 is 24.3 Å².